The summed E-state index contributed by atoms with van der Waals surface area (Å²) in [5, 5.41) is 12.1. The zero-order valence-electron chi connectivity index (χ0n) is 47.0. The third-order valence-electron chi connectivity index (χ3n) is 17.3. The molecule has 3 heterocycles. The number of fused-ring (bicyclic) bond motifs is 3. The molecule has 0 radical (unpaired) electrons. The van der Waals surface area contributed by atoms with E-state index >= 15 is 4.79 Å². The van der Waals surface area contributed by atoms with E-state index in [2.05, 4.69) is 73.8 Å². The highest BCUT2D eigenvalue weighted by Crippen LogP contribution is 2.44. The van der Waals surface area contributed by atoms with Gasteiger partial charge in [0, 0.05) is 58.5 Å². The number of piperidine rings is 1. The number of hydrogen-bond donors (Lipinski definition) is 1. The molecule has 2 saturated heterocycles. The van der Waals surface area contributed by atoms with E-state index in [9.17, 15) is 24.3 Å². The number of esters is 1. The lowest BCUT2D eigenvalue weighted by Crippen LogP contribution is -2.64. The second-order valence-electron chi connectivity index (χ2n) is 24.8. The highest BCUT2D eigenvalue weighted by Gasteiger charge is 2.57. The normalized spacial score (nSPS) is 36.3. The number of rotatable bonds is 11. The van der Waals surface area contributed by atoms with E-state index < -0.39 is 94.4 Å². The Bertz CT molecular complexity index is 1910. The van der Waals surface area contributed by atoms with Gasteiger partial charge in [0.1, 0.15) is 30.3 Å². The van der Waals surface area contributed by atoms with Crippen molar-refractivity contribution in [3.63, 3.8) is 0 Å². The SMILES string of the molecule is CO[C@H]1C[C@@H](C)C/C(C)=C/[C@@H](CC=O)C(=O)C[C@H](O[Si](C)(C)C(C)(C)C)[C@@H](C)[C@@H](/C(C)=C/[C@@H]2CC[C@@H](O[Si](C)(C)C(C)(C)C)[C@H](OC)C2)OC(=O)[C@@H]2CCCCN2C(=O)C(=O)[C@]2(O)O[C@H]1[C@@H](OC)C[C@H]2C. The summed E-state index contributed by atoms with van der Waals surface area (Å²) in [5.41, 5.74) is 1.68. The van der Waals surface area contributed by atoms with E-state index in [0.29, 0.717) is 32.1 Å². The molecule has 71 heavy (non-hydrogen) atoms. The van der Waals surface area contributed by atoms with Crippen molar-refractivity contribution in [2.45, 2.75) is 238 Å². The summed E-state index contributed by atoms with van der Waals surface area (Å²) >= 11 is 0. The van der Waals surface area contributed by atoms with Crippen LogP contribution in [0.25, 0.3) is 0 Å². The third kappa shape index (κ3) is 14.9. The van der Waals surface area contributed by atoms with Crippen LogP contribution in [0.5, 0.6) is 0 Å². The first-order chi connectivity index (χ1) is 32.9. The number of carbonyl (C=O) groups excluding carboxylic acids is 5. The minimum absolute atomic E-state index is 0.00591. The quantitative estimate of drug-likeness (QED) is 0.0682. The van der Waals surface area contributed by atoms with Crippen molar-refractivity contribution in [2.24, 2.45) is 29.6 Å². The van der Waals surface area contributed by atoms with E-state index in [1.165, 1.54) is 19.1 Å². The van der Waals surface area contributed by atoms with E-state index in [0.717, 1.165) is 30.3 Å². The Kier molecular flexibility index (Phi) is 21.5. The Labute approximate surface area is 429 Å². The summed E-state index contributed by atoms with van der Waals surface area (Å²) in [5.74, 6) is -7.67. The molecule has 1 aliphatic carbocycles. The smallest absolute Gasteiger partial charge is 0.329 e. The van der Waals surface area contributed by atoms with Gasteiger partial charge in [0.15, 0.2) is 16.6 Å². The lowest BCUT2D eigenvalue weighted by molar-refractivity contribution is -0.302. The predicted molar refractivity (Wildman–Crippen MR) is 281 cm³/mol. The van der Waals surface area contributed by atoms with Crippen molar-refractivity contribution in [1.29, 1.82) is 0 Å². The van der Waals surface area contributed by atoms with Crippen molar-refractivity contribution >= 4 is 46.4 Å². The zero-order valence-corrected chi connectivity index (χ0v) is 49.0. The summed E-state index contributed by atoms with van der Waals surface area (Å²) in [6.07, 6.45) is 5.66. The fourth-order valence-corrected chi connectivity index (χ4v) is 13.5. The Morgan fingerprint density at radius 3 is 1.94 bits per heavy atom. The summed E-state index contributed by atoms with van der Waals surface area (Å²) in [6, 6.07) is -1.14. The Hall–Kier alpha value is -2.42. The van der Waals surface area contributed by atoms with E-state index in [1.807, 2.05) is 33.8 Å². The Balaban J connectivity index is 1.89. The second kappa shape index (κ2) is 25.0. The van der Waals surface area contributed by atoms with Crippen molar-refractivity contribution in [3.05, 3.63) is 23.3 Å². The van der Waals surface area contributed by atoms with Gasteiger partial charge in [0.2, 0.25) is 5.79 Å². The van der Waals surface area contributed by atoms with Gasteiger partial charge in [-0.25, -0.2) is 4.79 Å². The summed E-state index contributed by atoms with van der Waals surface area (Å²) in [4.78, 5) is 72.6. The number of amides is 1. The molecule has 16 heteroatoms. The lowest BCUT2D eigenvalue weighted by Gasteiger charge is -2.47. The van der Waals surface area contributed by atoms with Gasteiger partial charge in [-0.05, 0) is 125 Å². The molecule has 1 saturated carbocycles. The molecule has 3 aliphatic heterocycles. The van der Waals surface area contributed by atoms with Gasteiger partial charge in [-0.2, -0.15) is 0 Å². The molecular formula is C55H95NO13Si2. The van der Waals surface area contributed by atoms with Gasteiger partial charge in [0.25, 0.3) is 11.7 Å². The maximum atomic E-state index is 15.0. The average Bonchev–Trinajstić information content (AvgIpc) is 3.28. The molecule has 3 fully saturated rings. The van der Waals surface area contributed by atoms with E-state index in [4.69, 9.17) is 32.5 Å². The number of Topliss-reactive ketones (excluding diaryl/α,β-unsaturated/α-hetero) is 2. The second-order valence-corrected chi connectivity index (χ2v) is 34.4. The molecule has 1 amide bonds. The third-order valence-corrected chi connectivity index (χ3v) is 26.3. The Morgan fingerprint density at radius 1 is 0.803 bits per heavy atom. The molecule has 0 aromatic rings. The number of nitrogens with zero attached hydrogens (tertiary/aromatic N) is 1. The zero-order chi connectivity index (χ0) is 53.6. The van der Waals surface area contributed by atoms with Crippen LogP contribution in [0.2, 0.25) is 36.3 Å². The average molecular weight is 1030 g/mol. The van der Waals surface area contributed by atoms with E-state index in [-0.39, 0.29) is 72.1 Å². The minimum atomic E-state index is -2.61. The topological polar surface area (TPSA) is 173 Å². The van der Waals surface area contributed by atoms with Crippen LogP contribution in [0.4, 0.5) is 0 Å². The first-order valence-electron chi connectivity index (χ1n) is 26.6. The van der Waals surface area contributed by atoms with Crippen LogP contribution in [0, 0.1) is 29.6 Å². The number of carbonyl (C=O) groups is 5. The molecule has 4 aliphatic rings. The fraction of sp³-hybridized carbons (Fsp3) is 0.836. The predicted octanol–water partition coefficient (Wildman–Crippen LogP) is 9.71. The van der Waals surface area contributed by atoms with Gasteiger partial charge in [0.05, 0.1) is 30.5 Å². The molecule has 0 unspecified atom stereocenters. The van der Waals surface area contributed by atoms with Crippen LogP contribution in [0.3, 0.4) is 0 Å². The van der Waals surface area contributed by atoms with Crippen molar-refractivity contribution in [3.8, 4) is 0 Å². The number of hydrogen-bond acceptors (Lipinski definition) is 13. The van der Waals surface area contributed by atoms with Crippen molar-refractivity contribution < 1.29 is 61.6 Å². The van der Waals surface area contributed by atoms with Crippen LogP contribution in [-0.4, -0.2) is 139 Å². The molecular weight excluding hydrogens is 939 g/mol. The number of ether oxygens (including phenoxy) is 5. The number of methoxy groups -OCH3 is 3. The number of aldehydes is 1. The fourth-order valence-electron chi connectivity index (χ4n) is 10.7. The molecule has 1 N–H and O–H groups in total. The minimum Gasteiger partial charge on any atom is -0.456 e. The molecule has 0 aromatic heterocycles. The number of cyclic esters (lactones) is 1. The lowest BCUT2D eigenvalue weighted by atomic mass is 9.81. The standard InChI is InChI=1S/C55H95NO13Si2/c1-34-27-35(2)29-46(64-13)49-47(65-14)31-37(4)55(62,67-49)50(59)51(60)56-25-20-19-21-41(56)52(61)66-48(36(3)30-39-22-23-43(45(32-39)63-12)68-70(15,16)53(6,7)8)38(5)44(69-71(17,18)54(9,10)11)33-42(58)40(28-34)24-26-57/h26,28,30,35,37-41,43-49,62H,19-25,27,29,31-33H2,1-18H3/b34-28+,36-30+/t35-,37+,38+,39-,40+,41-,43+,44-,45+,46-,47-,48+,49+,55+/m0/s1. The van der Waals surface area contributed by atoms with Crippen LogP contribution < -0.4 is 0 Å². The molecule has 0 aromatic carbocycles. The maximum absolute atomic E-state index is 15.0. The van der Waals surface area contributed by atoms with Gasteiger partial charge in [-0.1, -0.05) is 80.0 Å². The molecule has 2 bridgehead atoms. The largest absolute Gasteiger partial charge is 0.456 e. The number of aliphatic hydroxyl groups is 1. The highest BCUT2D eigenvalue weighted by atomic mass is 28.4. The molecule has 406 valence electrons. The van der Waals surface area contributed by atoms with Crippen molar-refractivity contribution in [1.82, 2.24) is 4.90 Å². The maximum Gasteiger partial charge on any atom is 0.329 e. The number of allylic oxidation sites excluding steroid dienone is 3. The summed E-state index contributed by atoms with van der Waals surface area (Å²) in [7, 11) is 0.0804. The van der Waals surface area contributed by atoms with Crippen LogP contribution >= 0.6 is 0 Å². The summed E-state index contributed by atoms with van der Waals surface area (Å²) in [6.45, 7) is 31.5. The first-order valence-corrected chi connectivity index (χ1v) is 32.4. The monoisotopic (exact) mass is 1030 g/mol. The van der Waals surface area contributed by atoms with Gasteiger partial charge < -0.3 is 47.3 Å². The molecule has 14 nitrogen and oxygen atoms in total. The van der Waals surface area contributed by atoms with Crippen LogP contribution in [0.1, 0.15) is 147 Å². The molecule has 4 rings (SSSR count). The van der Waals surface area contributed by atoms with Gasteiger partial charge in [-0.3, -0.25) is 14.4 Å². The molecule has 14 atom stereocenters. The van der Waals surface area contributed by atoms with E-state index in [1.54, 1.807) is 14.0 Å². The number of ketones is 2. The van der Waals surface area contributed by atoms with Gasteiger partial charge in [-0.15, -0.1) is 0 Å². The van der Waals surface area contributed by atoms with Crippen molar-refractivity contribution in [2.75, 3.05) is 27.9 Å². The van der Waals surface area contributed by atoms with Crippen LogP contribution in [-0.2, 0) is 56.5 Å². The molecule has 0 spiro atoms. The van der Waals surface area contributed by atoms with Crippen LogP contribution in [0.15, 0.2) is 23.3 Å². The highest BCUT2D eigenvalue weighted by molar-refractivity contribution is 6.74. The Morgan fingerprint density at radius 2 is 1.38 bits per heavy atom. The summed E-state index contributed by atoms with van der Waals surface area (Å²) < 4.78 is 45.2. The van der Waals surface area contributed by atoms with Gasteiger partial charge >= 0.3 is 5.97 Å². The first kappa shape index (κ1) is 61.1.